The first-order valence-corrected chi connectivity index (χ1v) is 12.7. The number of pyridine rings is 1. The van der Waals surface area contributed by atoms with Crippen LogP contribution in [-0.4, -0.2) is 75.9 Å². The van der Waals surface area contributed by atoms with Crippen LogP contribution in [0.2, 0.25) is 0 Å². The minimum Gasteiger partial charge on any atom is -0.404 e. The number of aromatic nitrogens is 3. The van der Waals surface area contributed by atoms with Crippen molar-refractivity contribution in [2.24, 2.45) is 0 Å². The average molecular weight is 571 g/mol. The van der Waals surface area contributed by atoms with E-state index in [9.17, 15) is 27.2 Å². The molecule has 41 heavy (non-hydrogen) atoms. The fourth-order valence-electron chi connectivity index (χ4n) is 4.67. The van der Waals surface area contributed by atoms with E-state index in [2.05, 4.69) is 24.9 Å². The molecule has 0 aliphatic carbocycles. The topological polar surface area (TPSA) is 92.6 Å². The Morgan fingerprint density at radius 1 is 1.07 bits per heavy atom. The monoisotopic (exact) mass is 570 g/mol. The molecule has 1 N–H and O–H groups in total. The number of carbonyl (C=O) groups excluding carboxylic acids is 1. The number of likely N-dealkylation sites (N-methyl/N-ethyl adjacent to an activating group) is 1. The summed E-state index contributed by atoms with van der Waals surface area (Å²) in [6.07, 6.45) is -1.26. The zero-order chi connectivity index (χ0) is 29.3. The van der Waals surface area contributed by atoms with Gasteiger partial charge in [-0.25, -0.2) is 9.37 Å². The van der Waals surface area contributed by atoms with Crippen molar-refractivity contribution in [3.05, 3.63) is 77.4 Å². The summed E-state index contributed by atoms with van der Waals surface area (Å²) in [5, 5.41) is 2.75. The molecule has 1 fully saturated rings. The van der Waals surface area contributed by atoms with E-state index in [4.69, 9.17) is 0 Å². The number of anilines is 1. The molecule has 1 aliphatic rings. The molecule has 214 valence electrons. The quantitative estimate of drug-likeness (QED) is 0.350. The van der Waals surface area contributed by atoms with Crippen molar-refractivity contribution in [3.8, 4) is 22.6 Å². The molecule has 2 aromatic carbocycles. The number of nitrogens with one attached hydrogen (secondary N) is 1. The van der Waals surface area contributed by atoms with Gasteiger partial charge in [0, 0.05) is 37.9 Å². The number of benzene rings is 2. The smallest absolute Gasteiger partial charge is 0.404 e. The van der Waals surface area contributed by atoms with Gasteiger partial charge in [0.05, 0.1) is 34.5 Å². The van der Waals surface area contributed by atoms with E-state index in [1.165, 1.54) is 36.8 Å². The normalized spacial score (nSPS) is 15.6. The second-order valence-electron chi connectivity index (χ2n) is 9.74. The maximum atomic E-state index is 14.2. The lowest BCUT2D eigenvalue weighted by atomic mass is 10.0. The van der Waals surface area contributed by atoms with Crippen molar-refractivity contribution in [1.82, 2.24) is 24.3 Å². The number of piperazine rings is 1. The molecule has 1 aliphatic heterocycles. The molecule has 3 heterocycles. The minimum absolute atomic E-state index is 0.158. The third-order valence-corrected chi connectivity index (χ3v) is 7.03. The molecule has 9 nitrogen and oxygen atoms in total. The molecule has 2 aromatic heterocycles. The highest BCUT2D eigenvalue weighted by Gasteiger charge is 2.33. The molecule has 0 spiro atoms. The van der Waals surface area contributed by atoms with E-state index in [0.717, 1.165) is 29.9 Å². The molecule has 0 saturated carbocycles. The third kappa shape index (κ3) is 6.20. The maximum absolute atomic E-state index is 14.2. The fourth-order valence-corrected chi connectivity index (χ4v) is 4.67. The fraction of sp³-hybridized carbons (Fsp3) is 0.286. The molecule has 5 rings (SSSR count). The second-order valence-corrected chi connectivity index (χ2v) is 9.74. The first kappa shape index (κ1) is 28.2. The largest absolute Gasteiger partial charge is 0.573 e. The Labute approximate surface area is 232 Å². The maximum Gasteiger partial charge on any atom is 0.573 e. The summed E-state index contributed by atoms with van der Waals surface area (Å²) in [7, 11) is 1.97. The molecule has 1 unspecified atom stereocenters. The highest BCUT2D eigenvalue weighted by atomic mass is 19.4. The van der Waals surface area contributed by atoms with E-state index >= 15 is 0 Å². The Balaban J connectivity index is 1.48. The van der Waals surface area contributed by atoms with Crippen molar-refractivity contribution in [2.75, 3.05) is 38.5 Å². The van der Waals surface area contributed by atoms with Crippen molar-refractivity contribution in [2.45, 2.75) is 19.3 Å². The van der Waals surface area contributed by atoms with Gasteiger partial charge in [0.25, 0.3) is 5.56 Å². The van der Waals surface area contributed by atoms with Gasteiger partial charge in [-0.1, -0.05) is 6.07 Å². The van der Waals surface area contributed by atoms with Crippen LogP contribution in [0.25, 0.3) is 27.7 Å². The van der Waals surface area contributed by atoms with Crippen molar-refractivity contribution >= 4 is 22.5 Å². The van der Waals surface area contributed by atoms with Crippen LogP contribution in [0.5, 0.6) is 5.75 Å². The molecular weight excluding hydrogens is 544 g/mol. The summed E-state index contributed by atoms with van der Waals surface area (Å²) in [5.74, 6) is -1.66. The number of halogens is 4. The number of amides is 1. The van der Waals surface area contributed by atoms with Crippen molar-refractivity contribution < 1.29 is 27.1 Å². The van der Waals surface area contributed by atoms with Crippen LogP contribution in [0, 0.1) is 5.82 Å². The van der Waals surface area contributed by atoms with Gasteiger partial charge in [0.15, 0.2) is 5.75 Å². The van der Waals surface area contributed by atoms with Crippen LogP contribution < -0.4 is 15.6 Å². The first-order valence-electron chi connectivity index (χ1n) is 12.7. The van der Waals surface area contributed by atoms with Crippen LogP contribution in [0.1, 0.15) is 6.92 Å². The molecule has 4 aromatic rings. The Kier molecular flexibility index (Phi) is 7.74. The molecule has 0 bridgehead atoms. The van der Waals surface area contributed by atoms with Crippen molar-refractivity contribution in [1.29, 1.82) is 0 Å². The Hall–Kier alpha value is -4.36. The van der Waals surface area contributed by atoms with Crippen LogP contribution in [0.15, 0.2) is 66.0 Å². The highest BCUT2D eigenvalue weighted by Crippen LogP contribution is 2.33. The van der Waals surface area contributed by atoms with Gasteiger partial charge in [-0.2, -0.15) is 0 Å². The van der Waals surface area contributed by atoms with Gasteiger partial charge in [0.2, 0.25) is 5.91 Å². The Morgan fingerprint density at radius 3 is 2.54 bits per heavy atom. The average Bonchev–Trinajstić information content (AvgIpc) is 2.93. The second kappa shape index (κ2) is 11.3. The molecule has 13 heteroatoms. The lowest BCUT2D eigenvalue weighted by Gasteiger charge is -2.35. The third-order valence-electron chi connectivity index (χ3n) is 7.03. The van der Waals surface area contributed by atoms with Gasteiger partial charge in [-0.05, 0) is 55.9 Å². The summed E-state index contributed by atoms with van der Waals surface area (Å²) in [4.78, 5) is 38.5. The molecule has 1 saturated heterocycles. The van der Waals surface area contributed by atoms with E-state index in [-0.39, 0.29) is 16.8 Å². The van der Waals surface area contributed by atoms with E-state index < -0.39 is 35.4 Å². The summed E-state index contributed by atoms with van der Waals surface area (Å²) in [6, 6.07) is 9.04. The zero-order valence-electron chi connectivity index (χ0n) is 22.2. The van der Waals surface area contributed by atoms with E-state index in [0.29, 0.717) is 29.7 Å². The number of carbonyl (C=O) groups is 1. The van der Waals surface area contributed by atoms with E-state index in [1.54, 1.807) is 19.1 Å². The number of ether oxygens (including phenoxy) is 1. The van der Waals surface area contributed by atoms with Crippen LogP contribution in [-0.2, 0) is 4.79 Å². The zero-order valence-corrected chi connectivity index (χ0v) is 22.2. The first-order chi connectivity index (χ1) is 19.5. The van der Waals surface area contributed by atoms with Gasteiger partial charge >= 0.3 is 6.36 Å². The van der Waals surface area contributed by atoms with Crippen LogP contribution in [0.3, 0.4) is 0 Å². The highest BCUT2D eigenvalue weighted by molar-refractivity contribution is 5.96. The van der Waals surface area contributed by atoms with Crippen LogP contribution >= 0.6 is 0 Å². The molecule has 1 atom stereocenters. The molecular formula is C28H26F4N6O3. The number of nitrogens with zero attached hydrogens (tertiary/aromatic N) is 5. The predicted octanol–water partition coefficient (Wildman–Crippen LogP) is 4.06. The Bertz CT molecular complexity index is 1650. The number of rotatable bonds is 6. The summed E-state index contributed by atoms with van der Waals surface area (Å²) < 4.78 is 59.0. The SMILES string of the molecule is CC(C(=O)Nc1cc(-n2cnc3cc(-c4ccncc4F)ccc3c2=O)ccc1OC(F)(F)F)N1CCN(C)CC1. The van der Waals surface area contributed by atoms with Crippen molar-refractivity contribution in [3.63, 3.8) is 0 Å². The summed E-state index contributed by atoms with van der Waals surface area (Å²) in [6.45, 7) is 4.45. The Morgan fingerprint density at radius 2 is 1.83 bits per heavy atom. The number of hydrogen-bond acceptors (Lipinski definition) is 7. The lowest BCUT2D eigenvalue weighted by molar-refractivity contribution is -0.274. The number of fused-ring (bicyclic) bond motifs is 1. The van der Waals surface area contributed by atoms with Gasteiger partial charge < -0.3 is 15.0 Å². The molecule has 1 amide bonds. The van der Waals surface area contributed by atoms with Crippen LogP contribution in [0.4, 0.5) is 23.2 Å². The standard InChI is InChI=1S/C28H26F4N6O3/c1-17(37-11-9-36(2)10-12-37)26(39)35-24-14-19(4-6-25(24)41-28(30,31)32)38-16-34-23-13-18(3-5-21(23)27(38)40)20-7-8-33-15-22(20)29/h3-8,13-17H,9-12H2,1-2H3,(H,35,39). The molecule has 0 radical (unpaired) electrons. The predicted molar refractivity (Wildman–Crippen MR) is 144 cm³/mol. The summed E-state index contributed by atoms with van der Waals surface area (Å²) in [5.41, 5.74) is 0.484. The van der Waals surface area contributed by atoms with E-state index in [1.807, 2.05) is 11.9 Å². The summed E-state index contributed by atoms with van der Waals surface area (Å²) >= 11 is 0. The number of hydrogen-bond donors (Lipinski definition) is 1. The van der Waals surface area contributed by atoms with Gasteiger partial charge in [0.1, 0.15) is 12.1 Å². The number of alkyl halides is 3. The van der Waals surface area contributed by atoms with Gasteiger partial charge in [-0.15, -0.1) is 13.2 Å². The minimum atomic E-state index is -5.00. The lowest BCUT2D eigenvalue weighted by Crippen LogP contribution is -2.51. The van der Waals surface area contributed by atoms with Gasteiger partial charge in [-0.3, -0.25) is 24.0 Å².